The summed E-state index contributed by atoms with van der Waals surface area (Å²) in [5.41, 5.74) is 2.72. The zero-order chi connectivity index (χ0) is 18.1. The number of nitrogens with one attached hydrogen (secondary N) is 2. The predicted octanol–water partition coefficient (Wildman–Crippen LogP) is 3.02. The van der Waals surface area contributed by atoms with Crippen molar-refractivity contribution in [3.05, 3.63) is 41.9 Å². The number of aryl methyl sites for hydroxylation is 2. The van der Waals surface area contributed by atoms with Gasteiger partial charge in [-0.2, -0.15) is 5.10 Å². The summed E-state index contributed by atoms with van der Waals surface area (Å²) in [7, 11) is 1.87. The number of rotatable bonds is 5. The molecule has 26 heavy (non-hydrogen) atoms. The van der Waals surface area contributed by atoms with Crippen LogP contribution < -0.4 is 10.6 Å². The highest BCUT2D eigenvalue weighted by Crippen LogP contribution is 2.27. The molecule has 1 aliphatic rings. The number of carbonyl (C=O) groups is 1. The Balaban J connectivity index is 1.48. The summed E-state index contributed by atoms with van der Waals surface area (Å²) < 4.78 is 1.74. The Kier molecular flexibility index (Phi) is 4.28. The minimum absolute atomic E-state index is 0.129. The number of amides is 1. The summed E-state index contributed by atoms with van der Waals surface area (Å²) in [5, 5.41) is 11.5. The number of hydrogen-bond donors (Lipinski definition) is 2. The van der Waals surface area contributed by atoms with E-state index in [0.717, 1.165) is 47.4 Å². The van der Waals surface area contributed by atoms with E-state index in [1.807, 2.05) is 38.2 Å². The molecule has 1 amide bonds. The minimum Gasteiger partial charge on any atom is -0.365 e. The number of anilines is 2. The second kappa shape index (κ2) is 6.74. The van der Waals surface area contributed by atoms with Crippen molar-refractivity contribution >= 4 is 28.4 Å². The van der Waals surface area contributed by atoms with Gasteiger partial charge in [-0.15, -0.1) is 0 Å². The molecule has 1 saturated carbocycles. The first kappa shape index (κ1) is 16.5. The lowest BCUT2D eigenvalue weighted by Crippen LogP contribution is -2.28. The first-order chi connectivity index (χ1) is 12.6. The molecule has 2 aromatic heterocycles. The van der Waals surface area contributed by atoms with Crippen LogP contribution in [-0.2, 0) is 18.4 Å². The van der Waals surface area contributed by atoms with Gasteiger partial charge in [0.2, 0.25) is 5.91 Å². The predicted molar refractivity (Wildman–Crippen MR) is 101 cm³/mol. The zero-order valence-electron chi connectivity index (χ0n) is 15.0. The van der Waals surface area contributed by atoms with E-state index in [4.69, 9.17) is 0 Å². The van der Waals surface area contributed by atoms with E-state index in [1.54, 1.807) is 10.9 Å². The van der Waals surface area contributed by atoms with Gasteiger partial charge in [0, 0.05) is 25.2 Å². The molecule has 4 rings (SSSR count). The summed E-state index contributed by atoms with van der Waals surface area (Å²) in [6, 6.07) is 7.91. The topological polar surface area (TPSA) is 84.7 Å². The smallest absolute Gasteiger partial charge is 0.227 e. The number of hydrogen-bond acceptors (Lipinski definition) is 5. The molecule has 0 atom stereocenters. The molecular formula is C19H22N6O. The molecule has 2 heterocycles. The molecule has 0 unspecified atom stereocenters. The summed E-state index contributed by atoms with van der Waals surface area (Å²) in [6.45, 7) is 2.47. The van der Waals surface area contributed by atoms with Crippen LogP contribution in [0.15, 0.2) is 30.5 Å². The lowest BCUT2D eigenvalue weighted by atomic mass is 9.85. The van der Waals surface area contributed by atoms with Crippen LogP contribution in [0.2, 0.25) is 0 Å². The van der Waals surface area contributed by atoms with Crippen LogP contribution in [0.1, 0.15) is 30.7 Å². The van der Waals surface area contributed by atoms with Crippen LogP contribution in [0, 0.1) is 12.8 Å². The summed E-state index contributed by atoms with van der Waals surface area (Å²) in [5.74, 6) is 1.78. The Morgan fingerprint density at radius 2 is 2.15 bits per heavy atom. The van der Waals surface area contributed by atoms with Crippen molar-refractivity contribution in [2.45, 2.75) is 32.7 Å². The fourth-order valence-corrected chi connectivity index (χ4v) is 3.13. The fraction of sp³-hybridized carbons (Fsp3) is 0.368. The molecule has 7 heteroatoms. The maximum Gasteiger partial charge on any atom is 0.227 e. The molecule has 134 valence electrons. The van der Waals surface area contributed by atoms with Gasteiger partial charge in [-0.3, -0.25) is 9.48 Å². The Bertz CT molecular complexity index is 960. The molecule has 0 radical (unpaired) electrons. The Morgan fingerprint density at radius 3 is 2.92 bits per heavy atom. The van der Waals surface area contributed by atoms with Crippen molar-refractivity contribution in [2.75, 3.05) is 10.6 Å². The second-order valence-corrected chi connectivity index (χ2v) is 6.80. The van der Waals surface area contributed by atoms with Crippen molar-refractivity contribution in [3.8, 4) is 0 Å². The summed E-state index contributed by atoms with van der Waals surface area (Å²) in [6.07, 6.45) is 4.93. The van der Waals surface area contributed by atoms with E-state index in [-0.39, 0.29) is 11.8 Å². The van der Waals surface area contributed by atoms with E-state index in [2.05, 4.69) is 25.7 Å². The molecule has 0 bridgehead atoms. The SMILES string of the molecule is Cc1nc(NCc2cccc(NC(=O)C3CCC3)c2)c2cnn(C)c2n1. The van der Waals surface area contributed by atoms with Crippen molar-refractivity contribution < 1.29 is 4.79 Å². The highest BCUT2D eigenvalue weighted by Gasteiger charge is 2.25. The average molecular weight is 350 g/mol. The van der Waals surface area contributed by atoms with Crippen molar-refractivity contribution in [1.29, 1.82) is 0 Å². The van der Waals surface area contributed by atoms with E-state index in [1.165, 1.54) is 0 Å². The molecule has 0 aliphatic heterocycles. The van der Waals surface area contributed by atoms with Gasteiger partial charge in [0.1, 0.15) is 11.6 Å². The van der Waals surface area contributed by atoms with Gasteiger partial charge in [0.25, 0.3) is 0 Å². The second-order valence-electron chi connectivity index (χ2n) is 6.80. The standard InChI is InChI=1S/C19H22N6O/c1-12-22-17(16-11-21-25(2)18(16)23-12)20-10-13-5-3-8-15(9-13)24-19(26)14-6-4-7-14/h3,5,8-9,11,14H,4,6-7,10H2,1-2H3,(H,24,26)(H,20,22,23). The Morgan fingerprint density at radius 1 is 1.31 bits per heavy atom. The van der Waals surface area contributed by atoms with Crippen LogP contribution in [0.3, 0.4) is 0 Å². The third-order valence-electron chi connectivity index (χ3n) is 4.83. The number of aromatic nitrogens is 4. The molecular weight excluding hydrogens is 328 g/mol. The lowest BCUT2D eigenvalue weighted by Gasteiger charge is -2.24. The maximum atomic E-state index is 12.1. The van der Waals surface area contributed by atoms with Crippen LogP contribution >= 0.6 is 0 Å². The van der Waals surface area contributed by atoms with Gasteiger partial charge in [-0.05, 0) is 37.5 Å². The Hall–Kier alpha value is -2.96. The molecule has 7 nitrogen and oxygen atoms in total. The van der Waals surface area contributed by atoms with Crippen LogP contribution in [0.25, 0.3) is 11.0 Å². The fourth-order valence-electron chi connectivity index (χ4n) is 3.13. The Labute approximate surface area is 151 Å². The molecule has 1 aliphatic carbocycles. The number of nitrogens with zero attached hydrogens (tertiary/aromatic N) is 4. The summed E-state index contributed by atoms with van der Waals surface area (Å²) in [4.78, 5) is 21.0. The minimum atomic E-state index is 0.129. The molecule has 0 saturated heterocycles. The largest absolute Gasteiger partial charge is 0.365 e. The van der Waals surface area contributed by atoms with Gasteiger partial charge in [-0.1, -0.05) is 18.6 Å². The zero-order valence-corrected chi connectivity index (χ0v) is 15.0. The van der Waals surface area contributed by atoms with Gasteiger partial charge in [-0.25, -0.2) is 9.97 Å². The normalized spacial score (nSPS) is 14.2. The van der Waals surface area contributed by atoms with Gasteiger partial charge in [0.05, 0.1) is 11.6 Å². The third kappa shape index (κ3) is 3.24. The highest BCUT2D eigenvalue weighted by atomic mass is 16.1. The van der Waals surface area contributed by atoms with Crippen molar-refractivity contribution in [2.24, 2.45) is 13.0 Å². The molecule has 2 N–H and O–H groups in total. The summed E-state index contributed by atoms with van der Waals surface area (Å²) >= 11 is 0. The monoisotopic (exact) mass is 350 g/mol. The van der Waals surface area contributed by atoms with Crippen LogP contribution in [0.5, 0.6) is 0 Å². The van der Waals surface area contributed by atoms with Crippen molar-refractivity contribution in [1.82, 2.24) is 19.7 Å². The molecule has 1 aromatic carbocycles. The van der Waals surface area contributed by atoms with Gasteiger partial charge >= 0.3 is 0 Å². The maximum absolute atomic E-state index is 12.1. The lowest BCUT2D eigenvalue weighted by molar-refractivity contribution is -0.122. The van der Waals surface area contributed by atoms with Gasteiger partial charge < -0.3 is 10.6 Å². The van der Waals surface area contributed by atoms with Crippen LogP contribution in [0.4, 0.5) is 11.5 Å². The molecule has 1 fully saturated rings. The average Bonchev–Trinajstić information content (AvgIpc) is 2.92. The quantitative estimate of drug-likeness (QED) is 0.739. The number of fused-ring (bicyclic) bond motifs is 1. The highest BCUT2D eigenvalue weighted by molar-refractivity contribution is 5.93. The molecule has 3 aromatic rings. The van der Waals surface area contributed by atoms with Gasteiger partial charge in [0.15, 0.2) is 5.65 Å². The first-order valence-electron chi connectivity index (χ1n) is 8.90. The van der Waals surface area contributed by atoms with E-state index < -0.39 is 0 Å². The number of benzene rings is 1. The van der Waals surface area contributed by atoms with Crippen LogP contribution in [-0.4, -0.2) is 25.7 Å². The van der Waals surface area contributed by atoms with E-state index >= 15 is 0 Å². The van der Waals surface area contributed by atoms with E-state index in [0.29, 0.717) is 12.4 Å². The van der Waals surface area contributed by atoms with E-state index in [9.17, 15) is 4.79 Å². The molecule has 0 spiro atoms. The van der Waals surface area contributed by atoms with Crippen molar-refractivity contribution in [3.63, 3.8) is 0 Å². The third-order valence-corrected chi connectivity index (χ3v) is 4.83. The first-order valence-corrected chi connectivity index (χ1v) is 8.90. The number of carbonyl (C=O) groups excluding carboxylic acids is 1.